The Labute approximate surface area is 144 Å². The molecule has 2 rings (SSSR count). The monoisotopic (exact) mass is 379 g/mol. The van der Waals surface area contributed by atoms with E-state index in [1.807, 2.05) is 30.3 Å². The molecule has 0 saturated carbocycles. The van der Waals surface area contributed by atoms with Gasteiger partial charge < -0.3 is 15.2 Å². The van der Waals surface area contributed by atoms with Crippen LogP contribution in [0.3, 0.4) is 0 Å². The topological polar surface area (TPSA) is 68.7 Å². The van der Waals surface area contributed by atoms with Gasteiger partial charge in [-0.2, -0.15) is 0 Å². The molecule has 5 nitrogen and oxygen atoms in total. The van der Waals surface area contributed by atoms with Gasteiger partial charge in [0, 0.05) is 5.56 Å². The molecule has 1 heterocycles. The van der Waals surface area contributed by atoms with E-state index in [9.17, 15) is 10.4 Å². The Morgan fingerprint density at radius 2 is 2.00 bits per heavy atom. The van der Waals surface area contributed by atoms with Gasteiger partial charge in [-0.1, -0.05) is 44.2 Å². The van der Waals surface area contributed by atoms with E-state index < -0.39 is 0 Å². The van der Waals surface area contributed by atoms with E-state index >= 15 is 0 Å². The summed E-state index contributed by atoms with van der Waals surface area (Å²) >= 11 is 3.34. The van der Waals surface area contributed by atoms with Crippen molar-refractivity contribution in [1.29, 1.82) is 0 Å². The number of hydrogen-bond donors (Lipinski definition) is 1. The molecule has 1 aromatic carbocycles. The molecule has 0 unspecified atom stereocenters. The zero-order valence-corrected chi connectivity index (χ0v) is 14.8. The van der Waals surface area contributed by atoms with Crippen LogP contribution in [0.15, 0.2) is 40.9 Å². The first kappa shape index (κ1) is 17.7. The largest absolute Gasteiger partial charge is 0.733 e. The van der Waals surface area contributed by atoms with Gasteiger partial charge in [0.05, 0.1) is 22.5 Å². The number of pyridine rings is 1. The molecule has 23 heavy (non-hydrogen) atoms. The Balaban J connectivity index is 2.27. The maximum Gasteiger partial charge on any atom is 0.228 e. The second kappa shape index (κ2) is 8.29. The lowest BCUT2D eigenvalue weighted by molar-refractivity contribution is 0.283. The lowest BCUT2D eigenvalue weighted by atomic mass is 10.1. The molecule has 1 aromatic heterocycles. The van der Waals surface area contributed by atoms with Gasteiger partial charge in [0.15, 0.2) is 0 Å². The fourth-order valence-electron chi connectivity index (χ4n) is 2.18. The van der Waals surface area contributed by atoms with Crippen molar-refractivity contribution >= 4 is 21.6 Å². The fraction of sp³-hybridized carbons (Fsp3) is 0.353. The summed E-state index contributed by atoms with van der Waals surface area (Å²) in [4.78, 5) is 4.41. The highest BCUT2D eigenvalue weighted by atomic mass is 79.9. The van der Waals surface area contributed by atoms with E-state index in [2.05, 4.69) is 34.8 Å². The lowest BCUT2D eigenvalue weighted by Gasteiger charge is -2.25. The minimum absolute atomic E-state index is 0.0672. The van der Waals surface area contributed by atoms with Crippen molar-refractivity contribution < 1.29 is 9.94 Å². The van der Waals surface area contributed by atoms with Crippen LogP contribution in [0.25, 0.3) is 11.3 Å². The van der Waals surface area contributed by atoms with E-state index in [1.54, 1.807) is 0 Å². The van der Waals surface area contributed by atoms with Gasteiger partial charge in [-0.3, -0.25) is 5.21 Å². The van der Waals surface area contributed by atoms with Gasteiger partial charge >= 0.3 is 0 Å². The molecule has 6 heteroatoms. The third-order valence-corrected chi connectivity index (χ3v) is 3.91. The van der Waals surface area contributed by atoms with Crippen LogP contribution in [0, 0.1) is 11.1 Å². The highest BCUT2D eigenvalue weighted by Crippen LogP contribution is 2.35. The summed E-state index contributed by atoms with van der Waals surface area (Å²) in [5.41, 5.74) is 1.18. The van der Waals surface area contributed by atoms with E-state index in [1.165, 1.54) is 6.07 Å². The van der Waals surface area contributed by atoms with E-state index in [-0.39, 0.29) is 10.9 Å². The molecule has 0 aliphatic rings. The van der Waals surface area contributed by atoms with Crippen LogP contribution in [0.2, 0.25) is 0 Å². The van der Waals surface area contributed by atoms with Gasteiger partial charge in [-0.05, 0) is 40.8 Å². The summed E-state index contributed by atoms with van der Waals surface area (Å²) in [5.74, 6) is 1.04. The molecule has 0 saturated heterocycles. The molecular weight excluding hydrogens is 360 g/mol. The van der Waals surface area contributed by atoms with Gasteiger partial charge in [0.1, 0.15) is 0 Å². The van der Waals surface area contributed by atoms with E-state index in [0.29, 0.717) is 28.6 Å². The van der Waals surface area contributed by atoms with Crippen molar-refractivity contribution in [1.82, 2.24) is 4.98 Å². The average molecular weight is 380 g/mol. The Bertz CT molecular complexity index is 633. The van der Waals surface area contributed by atoms with Crippen LogP contribution < -0.4 is 9.96 Å². The van der Waals surface area contributed by atoms with Crippen molar-refractivity contribution in [3.05, 3.63) is 46.1 Å². The molecule has 0 spiro atoms. The van der Waals surface area contributed by atoms with Crippen molar-refractivity contribution in [2.24, 2.45) is 5.92 Å². The number of benzene rings is 1. The van der Waals surface area contributed by atoms with Crippen molar-refractivity contribution in [3.8, 4) is 17.1 Å². The quantitative estimate of drug-likeness (QED) is 0.540. The van der Waals surface area contributed by atoms with Gasteiger partial charge in [-0.15, -0.1) is 0 Å². The third-order valence-electron chi connectivity index (χ3n) is 3.34. The van der Waals surface area contributed by atoms with Crippen LogP contribution in [-0.2, 0) is 0 Å². The first-order chi connectivity index (χ1) is 11.0. The number of anilines is 1. The van der Waals surface area contributed by atoms with Crippen LogP contribution in [0.1, 0.15) is 26.7 Å². The molecule has 0 bridgehead atoms. The Kier molecular flexibility index (Phi) is 6.38. The number of hydrogen-bond acceptors (Lipinski definition) is 5. The predicted octanol–water partition coefficient (Wildman–Crippen LogP) is 5.02. The van der Waals surface area contributed by atoms with Crippen LogP contribution in [0.5, 0.6) is 5.88 Å². The molecule has 0 amide bonds. The van der Waals surface area contributed by atoms with Gasteiger partial charge in [0.25, 0.3) is 0 Å². The average Bonchev–Trinajstić information content (AvgIpc) is 2.53. The number of ether oxygens (including phenoxy) is 1. The highest BCUT2D eigenvalue weighted by molar-refractivity contribution is 9.10. The maximum absolute atomic E-state index is 11.4. The van der Waals surface area contributed by atoms with Crippen LogP contribution in [-0.4, -0.2) is 16.8 Å². The van der Waals surface area contributed by atoms with Gasteiger partial charge in [0.2, 0.25) is 5.88 Å². The Morgan fingerprint density at radius 1 is 1.30 bits per heavy atom. The zero-order valence-electron chi connectivity index (χ0n) is 13.2. The maximum atomic E-state index is 11.4. The summed E-state index contributed by atoms with van der Waals surface area (Å²) in [6.45, 7) is 4.89. The van der Waals surface area contributed by atoms with E-state index in [4.69, 9.17) is 4.74 Å². The second-order valence-electron chi connectivity index (χ2n) is 5.67. The Morgan fingerprint density at radius 3 is 2.61 bits per heavy atom. The third kappa shape index (κ3) is 4.92. The predicted molar refractivity (Wildman–Crippen MR) is 94.6 cm³/mol. The molecule has 0 fully saturated rings. The van der Waals surface area contributed by atoms with Gasteiger partial charge in [-0.25, -0.2) is 4.98 Å². The first-order valence-electron chi connectivity index (χ1n) is 7.54. The minimum Gasteiger partial charge on any atom is -0.733 e. The summed E-state index contributed by atoms with van der Waals surface area (Å²) < 4.78 is 6.26. The lowest BCUT2D eigenvalue weighted by Crippen LogP contribution is -2.11. The standard InChI is InChI=1S/C17H20BrN2O3/c1-12(2)7-6-10-23-17-14(18)11-15(20(21)22)16(19-17)13-8-4-3-5-9-13/h3-5,8-9,11-12,21H,6-7,10H2,1-2H3/q-1. The van der Waals surface area contributed by atoms with E-state index in [0.717, 1.165) is 18.4 Å². The molecule has 2 aromatic rings. The first-order valence-corrected chi connectivity index (χ1v) is 8.33. The summed E-state index contributed by atoms with van der Waals surface area (Å²) in [5, 5.41) is 20.6. The number of halogens is 1. The molecule has 0 aliphatic heterocycles. The normalized spacial score (nSPS) is 10.9. The summed E-state index contributed by atoms with van der Waals surface area (Å²) in [7, 11) is 0. The molecule has 1 N–H and O–H groups in total. The van der Waals surface area contributed by atoms with Crippen molar-refractivity contribution in [2.45, 2.75) is 26.7 Å². The summed E-state index contributed by atoms with van der Waals surface area (Å²) in [6, 6.07) is 10.7. The SMILES string of the molecule is CC(C)CCCOc1nc(-c2ccccc2)c(N([O-])O)cc1Br. The molecule has 0 aliphatic carbocycles. The minimum atomic E-state index is -0.178. The number of nitrogens with zero attached hydrogens (tertiary/aromatic N) is 2. The smallest absolute Gasteiger partial charge is 0.228 e. The molecule has 124 valence electrons. The molecular formula is C17H20BrN2O3-. The Hall–Kier alpha value is -1.63. The zero-order chi connectivity index (χ0) is 16.8. The molecule has 0 atom stereocenters. The number of rotatable bonds is 7. The number of aromatic nitrogens is 1. The summed E-state index contributed by atoms with van der Waals surface area (Å²) in [6.07, 6.45) is 2.01. The molecule has 0 radical (unpaired) electrons. The van der Waals surface area contributed by atoms with Crippen LogP contribution in [0.4, 0.5) is 5.69 Å². The van der Waals surface area contributed by atoms with Crippen molar-refractivity contribution in [3.63, 3.8) is 0 Å². The second-order valence-corrected chi connectivity index (χ2v) is 6.52. The fourth-order valence-corrected chi connectivity index (χ4v) is 2.60. The highest BCUT2D eigenvalue weighted by Gasteiger charge is 2.14. The van der Waals surface area contributed by atoms with Crippen molar-refractivity contribution in [2.75, 3.05) is 11.8 Å². The van der Waals surface area contributed by atoms with Crippen LogP contribution >= 0.6 is 15.9 Å².